The summed E-state index contributed by atoms with van der Waals surface area (Å²) in [5.41, 5.74) is 3.44. The van der Waals surface area contributed by atoms with Gasteiger partial charge in [0.15, 0.2) is 0 Å². The van der Waals surface area contributed by atoms with Gasteiger partial charge in [0.05, 0.1) is 5.76 Å². The maximum atomic E-state index is 9.60. The first-order chi connectivity index (χ1) is 9.72. The van der Waals surface area contributed by atoms with Crippen molar-refractivity contribution in [2.75, 3.05) is 0 Å². The van der Waals surface area contributed by atoms with E-state index in [4.69, 9.17) is 0 Å². The first-order valence-electron chi connectivity index (χ1n) is 6.68. The Morgan fingerprint density at radius 1 is 0.800 bits per heavy atom. The fourth-order valence-corrected chi connectivity index (χ4v) is 2.54. The third-order valence-corrected chi connectivity index (χ3v) is 3.56. The SMILES string of the molecule is OC1=CC(c2ccc(-c3ccccc3)cc2)CC(O)=C1. The molecule has 1 unspecified atom stereocenters. The lowest BCUT2D eigenvalue weighted by molar-refractivity contribution is 0.355. The predicted octanol–water partition coefficient (Wildman–Crippen LogP) is 4.72. The molecule has 100 valence electrons. The van der Waals surface area contributed by atoms with Crippen LogP contribution in [0.15, 0.2) is 78.3 Å². The Labute approximate surface area is 118 Å². The molecule has 0 heterocycles. The van der Waals surface area contributed by atoms with Crippen molar-refractivity contribution in [2.24, 2.45) is 0 Å². The van der Waals surface area contributed by atoms with Crippen LogP contribution in [0.25, 0.3) is 11.1 Å². The number of hydrogen-bond acceptors (Lipinski definition) is 2. The van der Waals surface area contributed by atoms with Crippen molar-refractivity contribution in [3.63, 3.8) is 0 Å². The van der Waals surface area contributed by atoms with Gasteiger partial charge in [-0.25, -0.2) is 0 Å². The molecule has 2 nitrogen and oxygen atoms in total. The summed E-state index contributed by atoms with van der Waals surface area (Å²) in [7, 11) is 0. The van der Waals surface area contributed by atoms with Crippen molar-refractivity contribution in [3.8, 4) is 11.1 Å². The van der Waals surface area contributed by atoms with Crippen LogP contribution in [0.5, 0.6) is 0 Å². The second-order valence-electron chi connectivity index (χ2n) is 5.03. The molecular weight excluding hydrogens is 248 g/mol. The molecule has 0 saturated heterocycles. The van der Waals surface area contributed by atoms with E-state index in [2.05, 4.69) is 36.4 Å². The molecular formula is C18H16O2. The van der Waals surface area contributed by atoms with Crippen LogP contribution in [0.3, 0.4) is 0 Å². The minimum Gasteiger partial charge on any atom is -0.512 e. The van der Waals surface area contributed by atoms with Crippen molar-refractivity contribution in [1.82, 2.24) is 0 Å². The molecule has 2 heteroatoms. The first-order valence-corrected chi connectivity index (χ1v) is 6.68. The summed E-state index contributed by atoms with van der Waals surface area (Å²) in [6.45, 7) is 0. The van der Waals surface area contributed by atoms with Gasteiger partial charge in [-0.3, -0.25) is 0 Å². The van der Waals surface area contributed by atoms with Crippen LogP contribution >= 0.6 is 0 Å². The van der Waals surface area contributed by atoms with E-state index in [0.717, 1.165) is 11.1 Å². The molecule has 0 aromatic heterocycles. The van der Waals surface area contributed by atoms with Crippen molar-refractivity contribution in [2.45, 2.75) is 12.3 Å². The van der Waals surface area contributed by atoms with Gasteiger partial charge < -0.3 is 10.2 Å². The van der Waals surface area contributed by atoms with E-state index < -0.39 is 0 Å². The maximum Gasteiger partial charge on any atom is 0.115 e. The van der Waals surface area contributed by atoms with Gasteiger partial charge >= 0.3 is 0 Å². The Kier molecular flexibility index (Phi) is 3.30. The average molecular weight is 264 g/mol. The Balaban J connectivity index is 1.86. The Bertz CT molecular complexity index is 652. The quantitative estimate of drug-likeness (QED) is 0.823. The van der Waals surface area contributed by atoms with E-state index in [-0.39, 0.29) is 17.4 Å². The molecule has 1 aliphatic rings. The van der Waals surface area contributed by atoms with Crippen molar-refractivity contribution >= 4 is 0 Å². The minimum atomic E-state index is 0.0322. The predicted molar refractivity (Wildman–Crippen MR) is 80.7 cm³/mol. The monoisotopic (exact) mass is 264 g/mol. The molecule has 0 radical (unpaired) electrons. The lowest BCUT2D eigenvalue weighted by Crippen LogP contribution is -2.03. The van der Waals surface area contributed by atoms with Crippen molar-refractivity contribution in [3.05, 3.63) is 83.8 Å². The van der Waals surface area contributed by atoms with E-state index in [1.54, 1.807) is 6.08 Å². The fourth-order valence-electron chi connectivity index (χ4n) is 2.54. The second-order valence-corrected chi connectivity index (χ2v) is 5.03. The van der Waals surface area contributed by atoms with Crippen LogP contribution in [-0.4, -0.2) is 10.2 Å². The highest BCUT2D eigenvalue weighted by Crippen LogP contribution is 2.30. The second kappa shape index (κ2) is 5.25. The van der Waals surface area contributed by atoms with Crippen LogP contribution in [0.1, 0.15) is 17.9 Å². The van der Waals surface area contributed by atoms with Crippen LogP contribution in [0.4, 0.5) is 0 Å². The Morgan fingerprint density at radius 2 is 1.45 bits per heavy atom. The third kappa shape index (κ3) is 2.59. The summed E-state index contributed by atoms with van der Waals surface area (Å²) >= 11 is 0. The Hall–Kier alpha value is -2.48. The van der Waals surface area contributed by atoms with Crippen molar-refractivity contribution in [1.29, 1.82) is 0 Å². The number of aliphatic hydroxyl groups is 2. The minimum absolute atomic E-state index is 0.0322. The van der Waals surface area contributed by atoms with Crippen LogP contribution in [0, 0.1) is 0 Å². The molecule has 2 N–H and O–H groups in total. The zero-order chi connectivity index (χ0) is 13.9. The molecule has 0 spiro atoms. The van der Waals surface area contributed by atoms with E-state index in [9.17, 15) is 10.2 Å². The molecule has 1 aliphatic carbocycles. The molecule has 1 atom stereocenters. The van der Waals surface area contributed by atoms with Gasteiger partial charge in [-0.05, 0) is 22.8 Å². The van der Waals surface area contributed by atoms with Gasteiger partial charge in [0.25, 0.3) is 0 Å². The molecule has 3 rings (SSSR count). The molecule has 2 aromatic rings. The molecule has 0 bridgehead atoms. The topological polar surface area (TPSA) is 40.5 Å². The molecule has 0 amide bonds. The number of benzene rings is 2. The molecule has 0 fully saturated rings. The van der Waals surface area contributed by atoms with Crippen LogP contribution in [0.2, 0.25) is 0 Å². The summed E-state index contributed by atoms with van der Waals surface area (Å²) in [6.07, 6.45) is 3.71. The van der Waals surface area contributed by atoms with Gasteiger partial charge in [-0.2, -0.15) is 0 Å². The number of aliphatic hydroxyl groups excluding tert-OH is 2. The van der Waals surface area contributed by atoms with Gasteiger partial charge in [-0.15, -0.1) is 0 Å². The third-order valence-electron chi connectivity index (χ3n) is 3.56. The number of rotatable bonds is 2. The lowest BCUT2D eigenvalue weighted by Gasteiger charge is -2.17. The smallest absolute Gasteiger partial charge is 0.115 e. The zero-order valence-corrected chi connectivity index (χ0v) is 11.0. The highest BCUT2D eigenvalue weighted by molar-refractivity contribution is 5.63. The number of hydrogen-bond donors (Lipinski definition) is 2. The summed E-state index contributed by atoms with van der Waals surface area (Å²) in [5, 5.41) is 19.2. The van der Waals surface area contributed by atoms with Crippen LogP contribution < -0.4 is 0 Å². The first kappa shape index (κ1) is 12.5. The molecule has 20 heavy (non-hydrogen) atoms. The zero-order valence-electron chi connectivity index (χ0n) is 11.0. The fraction of sp³-hybridized carbons (Fsp3) is 0.111. The normalized spacial score (nSPS) is 18.3. The highest BCUT2D eigenvalue weighted by atomic mass is 16.3. The summed E-state index contributed by atoms with van der Waals surface area (Å²) < 4.78 is 0. The van der Waals surface area contributed by atoms with E-state index in [0.29, 0.717) is 6.42 Å². The molecule has 0 aliphatic heterocycles. The summed E-state index contributed by atoms with van der Waals surface area (Å²) in [5.74, 6) is 0.387. The van der Waals surface area contributed by atoms with Crippen molar-refractivity contribution < 1.29 is 10.2 Å². The van der Waals surface area contributed by atoms with Gasteiger partial charge in [0.1, 0.15) is 5.76 Å². The average Bonchev–Trinajstić information content (AvgIpc) is 2.47. The summed E-state index contributed by atoms with van der Waals surface area (Å²) in [4.78, 5) is 0. The van der Waals surface area contributed by atoms with Gasteiger partial charge in [0.2, 0.25) is 0 Å². The lowest BCUT2D eigenvalue weighted by atomic mass is 9.90. The standard InChI is InChI=1S/C18H16O2/c19-17-10-16(11-18(20)12-17)15-8-6-14(7-9-15)13-4-2-1-3-5-13/h1-10,12,16,19-20H,11H2. The Morgan fingerprint density at radius 3 is 2.10 bits per heavy atom. The maximum absolute atomic E-state index is 9.60. The van der Waals surface area contributed by atoms with E-state index >= 15 is 0 Å². The number of allylic oxidation sites excluding steroid dienone is 3. The van der Waals surface area contributed by atoms with E-state index in [1.165, 1.54) is 11.6 Å². The van der Waals surface area contributed by atoms with Gasteiger partial charge in [-0.1, -0.05) is 54.6 Å². The largest absolute Gasteiger partial charge is 0.512 e. The van der Waals surface area contributed by atoms with E-state index in [1.807, 2.05) is 18.2 Å². The molecule has 2 aromatic carbocycles. The highest BCUT2D eigenvalue weighted by Gasteiger charge is 2.16. The van der Waals surface area contributed by atoms with Crippen LogP contribution in [-0.2, 0) is 0 Å². The summed E-state index contributed by atoms with van der Waals surface area (Å²) in [6, 6.07) is 18.5. The van der Waals surface area contributed by atoms with Gasteiger partial charge in [0, 0.05) is 18.4 Å². The molecule has 0 saturated carbocycles.